The Morgan fingerprint density at radius 3 is 2.65 bits per heavy atom. The molecule has 1 saturated heterocycles. The minimum atomic E-state index is -3.64. The summed E-state index contributed by atoms with van der Waals surface area (Å²) >= 11 is 7.45. The summed E-state index contributed by atoms with van der Waals surface area (Å²) in [7, 11) is -3.64. The molecule has 0 amide bonds. The largest absolute Gasteiger partial charge is 0.279 e. The van der Waals surface area contributed by atoms with Gasteiger partial charge in [-0.1, -0.05) is 18.0 Å². The molecule has 2 atom stereocenters. The van der Waals surface area contributed by atoms with E-state index in [4.69, 9.17) is 11.6 Å². The van der Waals surface area contributed by atoms with E-state index in [0.29, 0.717) is 4.96 Å². The minimum Gasteiger partial charge on any atom is -0.279 e. The van der Waals surface area contributed by atoms with Crippen LogP contribution in [0.1, 0.15) is 33.1 Å². The zero-order chi connectivity index (χ0) is 14.5. The molecule has 0 saturated carbocycles. The van der Waals surface area contributed by atoms with Crippen molar-refractivity contribution in [1.29, 1.82) is 0 Å². The first-order chi connectivity index (χ1) is 9.43. The molecule has 0 aromatic carbocycles. The SMILES string of the molecule is CC1CCCC(C)N1S(=O)(=O)c1c(Cl)nc2sccn12. The summed E-state index contributed by atoms with van der Waals surface area (Å²) in [5.74, 6) is 0. The van der Waals surface area contributed by atoms with Crippen molar-refractivity contribution in [2.75, 3.05) is 0 Å². The summed E-state index contributed by atoms with van der Waals surface area (Å²) in [6.45, 7) is 3.90. The van der Waals surface area contributed by atoms with E-state index in [2.05, 4.69) is 4.98 Å². The smallest absolute Gasteiger partial charge is 0.262 e. The van der Waals surface area contributed by atoms with Crippen molar-refractivity contribution in [3.05, 3.63) is 16.7 Å². The summed E-state index contributed by atoms with van der Waals surface area (Å²) in [6.07, 6.45) is 4.52. The molecule has 0 spiro atoms. The summed E-state index contributed by atoms with van der Waals surface area (Å²) in [5.41, 5.74) is 0. The van der Waals surface area contributed by atoms with Crippen molar-refractivity contribution in [1.82, 2.24) is 13.7 Å². The highest BCUT2D eigenvalue weighted by Gasteiger charge is 2.39. The minimum absolute atomic E-state index is 0.0102. The fourth-order valence-corrected chi connectivity index (χ4v) is 6.24. The molecule has 2 unspecified atom stereocenters. The van der Waals surface area contributed by atoms with E-state index in [1.165, 1.54) is 11.3 Å². The lowest BCUT2D eigenvalue weighted by Crippen LogP contribution is -2.47. The van der Waals surface area contributed by atoms with Crippen molar-refractivity contribution >= 4 is 37.9 Å². The molecule has 1 aliphatic heterocycles. The van der Waals surface area contributed by atoms with Gasteiger partial charge in [-0.05, 0) is 26.7 Å². The molecular formula is C12H16ClN3O2S2. The summed E-state index contributed by atoms with van der Waals surface area (Å²) in [5, 5.41) is 1.96. The Balaban J connectivity index is 2.16. The summed E-state index contributed by atoms with van der Waals surface area (Å²) in [6, 6.07) is -0.0204. The zero-order valence-corrected chi connectivity index (χ0v) is 13.7. The lowest BCUT2D eigenvalue weighted by atomic mass is 10.0. The maximum absolute atomic E-state index is 13.0. The molecule has 0 bridgehead atoms. The van der Waals surface area contributed by atoms with Crippen LogP contribution in [0.25, 0.3) is 4.96 Å². The van der Waals surface area contributed by atoms with Gasteiger partial charge in [0.15, 0.2) is 15.1 Å². The first kappa shape index (κ1) is 14.3. The van der Waals surface area contributed by atoms with E-state index in [0.717, 1.165) is 19.3 Å². The molecule has 1 aliphatic rings. The third-order valence-corrected chi connectivity index (χ3v) is 7.10. The van der Waals surface area contributed by atoms with Crippen molar-refractivity contribution in [3.8, 4) is 0 Å². The van der Waals surface area contributed by atoms with Crippen molar-refractivity contribution in [3.63, 3.8) is 0 Å². The van der Waals surface area contributed by atoms with Crippen LogP contribution in [-0.2, 0) is 10.0 Å². The van der Waals surface area contributed by atoms with Gasteiger partial charge in [0, 0.05) is 23.7 Å². The Labute approximate surface area is 127 Å². The number of fused-ring (bicyclic) bond motifs is 1. The zero-order valence-electron chi connectivity index (χ0n) is 11.3. The van der Waals surface area contributed by atoms with Gasteiger partial charge in [-0.3, -0.25) is 4.40 Å². The van der Waals surface area contributed by atoms with E-state index in [9.17, 15) is 8.42 Å². The fraction of sp³-hybridized carbons (Fsp3) is 0.583. The average molecular weight is 334 g/mol. The molecule has 0 radical (unpaired) electrons. The van der Waals surface area contributed by atoms with Crippen LogP contribution in [0.2, 0.25) is 5.15 Å². The Kier molecular flexibility index (Phi) is 3.56. The summed E-state index contributed by atoms with van der Waals surface area (Å²) in [4.78, 5) is 4.73. The number of imidazole rings is 1. The van der Waals surface area contributed by atoms with E-state index >= 15 is 0 Å². The predicted octanol–water partition coefficient (Wildman–Crippen LogP) is 3.00. The van der Waals surface area contributed by atoms with Gasteiger partial charge in [-0.15, -0.1) is 11.3 Å². The van der Waals surface area contributed by atoms with Gasteiger partial charge in [-0.25, -0.2) is 13.4 Å². The number of rotatable bonds is 2. The second kappa shape index (κ2) is 4.98. The molecule has 2 aromatic heterocycles. The molecule has 0 aliphatic carbocycles. The number of piperidine rings is 1. The van der Waals surface area contributed by atoms with Gasteiger partial charge in [0.05, 0.1) is 0 Å². The van der Waals surface area contributed by atoms with E-state index in [1.807, 2.05) is 13.8 Å². The molecule has 3 rings (SSSR count). The van der Waals surface area contributed by atoms with Crippen molar-refractivity contribution in [2.45, 2.75) is 50.2 Å². The van der Waals surface area contributed by atoms with Gasteiger partial charge in [0.1, 0.15) is 0 Å². The Morgan fingerprint density at radius 1 is 1.35 bits per heavy atom. The highest BCUT2D eigenvalue weighted by molar-refractivity contribution is 7.89. The second-order valence-electron chi connectivity index (χ2n) is 5.23. The summed E-state index contributed by atoms with van der Waals surface area (Å²) < 4.78 is 29.1. The molecule has 0 N–H and O–H groups in total. The van der Waals surface area contributed by atoms with Crippen LogP contribution in [0.5, 0.6) is 0 Å². The van der Waals surface area contributed by atoms with Crippen LogP contribution in [0.15, 0.2) is 16.6 Å². The molecule has 5 nitrogen and oxygen atoms in total. The van der Waals surface area contributed by atoms with Gasteiger partial charge >= 0.3 is 0 Å². The Morgan fingerprint density at radius 2 is 2.00 bits per heavy atom. The van der Waals surface area contributed by atoms with Crippen molar-refractivity contribution < 1.29 is 8.42 Å². The lowest BCUT2D eigenvalue weighted by Gasteiger charge is -2.37. The van der Waals surface area contributed by atoms with Crippen LogP contribution in [0.4, 0.5) is 0 Å². The highest BCUT2D eigenvalue weighted by Crippen LogP contribution is 2.33. The predicted molar refractivity (Wildman–Crippen MR) is 79.9 cm³/mol. The number of thiazole rings is 1. The number of sulfonamides is 1. The Bertz CT molecular complexity index is 727. The van der Waals surface area contributed by atoms with Crippen molar-refractivity contribution in [2.24, 2.45) is 0 Å². The average Bonchev–Trinajstić information content (AvgIpc) is 2.87. The normalized spacial score (nSPS) is 25.4. The van der Waals surface area contributed by atoms with Crippen LogP contribution in [0.3, 0.4) is 0 Å². The maximum atomic E-state index is 13.0. The molecule has 2 aromatic rings. The second-order valence-corrected chi connectivity index (χ2v) is 8.22. The van der Waals surface area contributed by atoms with E-state index < -0.39 is 10.0 Å². The third kappa shape index (κ3) is 2.07. The molecule has 1 fully saturated rings. The lowest BCUT2D eigenvalue weighted by molar-refractivity contribution is 0.203. The van der Waals surface area contributed by atoms with Crippen LogP contribution < -0.4 is 0 Å². The number of halogens is 1. The molecule has 20 heavy (non-hydrogen) atoms. The molecule has 8 heteroatoms. The molecule has 3 heterocycles. The van der Waals surface area contributed by atoms with E-state index in [1.54, 1.807) is 20.3 Å². The monoisotopic (exact) mass is 333 g/mol. The van der Waals surface area contributed by atoms with Gasteiger partial charge in [0.2, 0.25) is 0 Å². The van der Waals surface area contributed by atoms with Gasteiger partial charge < -0.3 is 0 Å². The third-order valence-electron chi connectivity index (χ3n) is 3.81. The molecule has 110 valence electrons. The number of nitrogens with zero attached hydrogens (tertiary/aromatic N) is 3. The standard InChI is InChI=1S/C12H16ClN3O2S2/c1-8-4-3-5-9(2)16(8)20(17,18)11-10(13)14-12-15(11)6-7-19-12/h6-9H,3-5H2,1-2H3. The van der Waals surface area contributed by atoms with Crippen LogP contribution in [0, 0.1) is 0 Å². The first-order valence-corrected chi connectivity index (χ1v) is 9.27. The first-order valence-electron chi connectivity index (χ1n) is 6.57. The number of hydrogen-bond donors (Lipinski definition) is 0. The maximum Gasteiger partial charge on any atom is 0.262 e. The molecular weight excluding hydrogens is 318 g/mol. The number of hydrogen-bond acceptors (Lipinski definition) is 4. The van der Waals surface area contributed by atoms with Crippen LogP contribution >= 0.6 is 22.9 Å². The van der Waals surface area contributed by atoms with E-state index in [-0.39, 0.29) is 22.3 Å². The fourth-order valence-electron chi connectivity index (χ4n) is 2.94. The van der Waals surface area contributed by atoms with Crippen LogP contribution in [-0.4, -0.2) is 34.2 Å². The Hall–Kier alpha value is -0.630. The van der Waals surface area contributed by atoms with Gasteiger partial charge in [-0.2, -0.15) is 4.31 Å². The topological polar surface area (TPSA) is 54.7 Å². The highest BCUT2D eigenvalue weighted by atomic mass is 35.5. The number of aromatic nitrogens is 2. The van der Waals surface area contributed by atoms with Gasteiger partial charge in [0.25, 0.3) is 10.0 Å². The quantitative estimate of drug-likeness (QED) is 0.849.